The van der Waals surface area contributed by atoms with E-state index in [1.54, 1.807) is 13.2 Å². The van der Waals surface area contributed by atoms with Gasteiger partial charge in [0.25, 0.3) is 0 Å². The molecule has 1 amide bonds. The van der Waals surface area contributed by atoms with E-state index in [4.69, 9.17) is 14.2 Å². The quantitative estimate of drug-likeness (QED) is 0.412. The highest BCUT2D eigenvalue weighted by Gasteiger charge is 2.58. The first kappa shape index (κ1) is 26.2. The molecular formula is C28H38N2O6. The number of hydrogen-bond donors (Lipinski definition) is 1. The van der Waals surface area contributed by atoms with Crippen LogP contribution in [0.15, 0.2) is 24.0 Å². The van der Waals surface area contributed by atoms with E-state index in [1.165, 1.54) is 18.1 Å². The Bertz CT molecular complexity index is 1080. The van der Waals surface area contributed by atoms with Gasteiger partial charge in [0.15, 0.2) is 23.4 Å². The van der Waals surface area contributed by atoms with Gasteiger partial charge < -0.3 is 24.4 Å². The lowest BCUT2D eigenvalue weighted by Gasteiger charge is -2.49. The number of fused-ring (bicyclic) bond motifs is 1. The topological polar surface area (TPSA) is 94.2 Å². The van der Waals surface area contributed by atoms with E-state index >= 15 is 0 Å². The average Bonchev–Trinajstić information content (AvgIpc) is 3.17. The smallest absolute Gasteiger partial charge is 0.311 e. The Hall–Kier alpha value is -2.87. The Morgan fingerprint density at radius 1 is 1.28 bits per heavy atom. The number of nitrogens with one attached hydrogen (secondary N) is 1. The van der Waals surface area contributed by atoms with Gasteiger partial charge in [-0.1, -0.05) is 19.9 Å². The monoisotopic (exact) mass is 498 g/mol. The van der Waals surface area contributed by atoms with Crippen molar-refractivity contribution >= 4 is 17.7 Å². The van der Waals surface area contributed by atoms with Gasteiger partial charge >= 0.3 is 5.97 Å². The van der Waals surface area contributed by atoms with Crippen LogP contribution in [0.3, 0.4) is 0 Å². The predicted molar refractivity (Wildman–Crippen MR) is 135 cm³/mol. The summed E-state index contributed by atoms with van der Waals surface area (Å²) in [6.07, 6.45) is 3.98. The van der Waals surface area contributed by atoms with Gasteiger partial charge in [-0.3, -0.25) is 14.4 Å². The summed E-state index contributed by atoms with van der Waals surface area (Å²) in [4.78, 5) is 39.4. The number of likely N-dealkylation sites (N-methyl/N-ethyl adjacent to an activating group) is 1. The summed E-state index contributed by atoms with van der Waals surface area (Å²) in [7, 11) is 3.80. The summed E-state index contributed by atoms with van der Waals surface area (Å²) in [5.74, 6) is 0.950. The highest BCUT2D eigenvalue weighted by atomic mass is 16.6. The van der Waals surface area contributed by atoms with Crippen LogP contribution in [0.4, 0.5) is 0 Å². The molecule has 2 aliphatic heterocycles. The minimum absolute atomic E-state index is 0.0239. The van der Waals surface area contributed by atoms with Crippen molar-refractivity contribution in [3.8, 4) is 11.5 Å². The highest BCUT2D eigenvalue weighted by molar-refractivity contribution is 5.88. The second kappa shape index (κ2) is 10.2. The number of ketones is 1. The van der Waals surface area contributed by atoms with E-state index in [-0.39, 0.29) is 35.9 Å². The lowest BCUT2D eigenvalue weighted by atomic mass is 9.61. The van der Waals surface area contributed by atoms with Crippen LogP contribution in [0.5, 0.6) is 11.5 Å². The number of piperidine rings is 1. The van der Waals surface area contributed by atoms with Crippen LogP contribution in [-0.2, 0) is 31.0 Å². The molecule has 3 aliphatic rings. The minimum Gasteiger partial charge on any atom is -0.493 e. The molecular weight excluding hydrogens is 460 g/mol. The molecule has 4 rings (SSSR count). The van der Waals surface area contributed by atoms with Crippen LogP contribution in [0.1, 0.15) is 64.5 Å². The van der Waals surface area contributed by atoms with E-state index in [0.717, 1.165) is 31.6 Å². The highest BCUT2D eigenvalue weighted by Crippen LogP contribution is 2.59. The molecule has 1 fully saturated rings. The van der Waals surface area contributed by atoms with Crippen LogP contribution in [-0.4, -0.2) is 61.4 Å². The molecule has 0 saturated carbocycles. The predicted octanol–water partition coefficient (Wildman–Crippen LogP) is 3.30. The summed E-state index contributed by atoms with van der Waals surface area (Å²) in [5, 5.41) is 2.73. The van der Waals surface area contributed by atoms with Crippen molar-refractivity contribution in [2.45, 2.75) is 83.4 Å². The number of rotatable bonds is 9. The van der Waals surface area contributed by atoms with E-state index in [2.05, 4.69) is 23.3 Å². The number of likely N-dealkylation sites (tertiary alicyclic amines) is 1. The number of ether oxygens (including phenoxy) is 3. The number of esters is 1. The van der Waals surface area contributed by atoms with E-state index in [0.29, 0.717) is 17.6 Å². The molecule has 1 saturated heterocycles. The Kier molecular flexibility index (Phi) is 7.46. The first-order valence-corrected chi connectivity index (χ1v) is 12.8. The number of methoxy groups -OCH3 is 1. The van der Waals surface area contributed by atoms with Crippen molar-refractivity contribution in [2.75, 3.05) is 20.7 Å². The normalized spacial score (nSPS) is 25.6. The zero-order valence-corrected chi connectivity index (χ0v) is 22.2. The maximum atomic E-state index is 12.8. The zero-order valence-electron chi connectivity index (χ0n) is 22.2. The summed E-state index contributed by atoms with van der Waals surface area (Å²) in [6, 6.07) is 3.92. The van der Waals surface area contributed by atoms with Gasteiger partial charge in [-0.15, -0.1) is 0 Å². The van der Waals surface area contributed by atoms with Gasteiger partial charge in [0, 0.05) is 23.4 Å². The third-order valence-electron chi connectivity index (χ3n) is 8.00. The molecule has 1 aliphatic carbocycles. The summed E-state index contributed by atoms with van der Waals surface area (Å²) in [5.41, 5.74) is 2.16. The number of carbonyl (C=O) groups is 3. The zero-order chi connectivity index (χ0) is 26.2. The standard InChI is InChI=1S/C28H38N2O6/c1-7-20(35-23(33)11-10-22(32)29-25(16(2)3)17(4)31)27-28-12-13-30(5)19(15-28)14-18-8-9-21(34-6)26(36-27)24(18)28/h7-9,16,19,25,27H,10-15H2,1-6H3,(H,29,32). The largest absolute Gasteiger partial charge is 0.493 e. The van der Waals surface area contributed by atoms with Gasteiger partial charge in [0.1, 0.15) is 5.76 Å². The first-order chi connectivity index (χ1) is 17.1. The number of Topliss-reactive ketones (excluding diaryl/α,β-unsaturated/α-hetero) is 1. The lowest BCUT2D eigenvalue weighted by molar-refractivity contribution is -0.143. The summed E-state index contributed by atoms with van der Waals surface area (Å²) >= 11 is 0. The molecule has 0 aromatic heterocycles. The van der Waals surface area contributed by atoms with Crippen LogP contribution < -0.4 is 14.8 Å². The average molecular weight is 499 g/mol. The molecule has 8 nitrogen and oxygen atoms in total. The fourth-order valence-electron chi connectivity index (χ4n) is 6.12. The molecule has 4 atom stereocenters. The Balaban J connectivity index is 1.50. The number of benzene rings is 1. The molecule has 0 radical (unpaired) electrons. The number of nitrogens with zero attached hydrogens (tertiary/aromatic N) is 1. The van der Waals surface area contributed by atoms with E-state index in [1.807, 2.05) is 26.8 Å². The SMILES string of the molecule is CC=C(OC(=O)CCC(=O)NC(C(C)=O)C(C)C)C1Oc2c(OC)ccc3c2C12CCN(C)C(C3)C2. The molecule has 1 aromatic carbocycles. The summed E-state index contributed by atoms with van der Waals surface area (Å²) in [6.45, 7) is 7.97. The number of amides is 1. The molecule has 36 heavy (non-hydrogen) atoms. The third kappa shape index (κ3) is 4.63. The van der Waals surface area contributed by atoms with Crippen molar-refractivity contribution < 1.29 is 28.6 Å². The van der Waals surface area contributed by atoms with Crippen molar-refractivity contribution in [3.63, 3.8) is 0 Å². The van der Waals surface area contributed by atoms with Crippen LogP contribution in [0, 0.1) is 5.92 Å². The van der Waals surface area contributed by atoms with Crippen LogP contribution >= 0.6 is 0 Å². The molecule has 1 spiro atoms. The van der Waals surface area contributed by atoms with Crippen LogP contribution in [0.2, 0.25) is 0 Å². The second-order valence-electron chi connectivity index (χ2n) is 10.6. The minimum atomic E-state index is -0.558. The van der Waals surface area contributed by atoms with Crippen molar-refractivity contribution in [1.29, 1.82) is 0 Å². The Labute approximate surface area is 213 Å². The number of allylic oxidation sites excluding steroid dienone is 1. The molecule has 2 heterocycles. The lowest BCUT2D eigenvalue weighted by Crippen LogP contribution is -2.55. The Morgan fingerprint density at radius 2 is 2.03 bits per heavy atom. The van der Waals surface area contributed by atoms with Crippen LogP contribution in [0.25, 0.3) is 0 Å². The van der Waals surface area contributed by atoms with Gasteiger partial charge in [-0.05, 0) is 70.3 Å². The molecule has 2 bridgehead atoms. The van der Waals surface area contributed by atoms with Crippen molar-refractivity contribution in [1.82, 2.24) is 10.2 Å². The number of carbonyl (C=O) groups excluding carboxylic acids is 3. The summed E-state index contributed by atoms with van der Waals surface area (Å²) < 4.78 is 18.0. The first-order valence-electron chi connectivity index (χ1n) is 12.8. The van der Waals surface area contributed by atoms with Crippen molar-refractivity contribution in [3.05, 3.63) is 35.1 Å². The molecule has 4 unspecified atom stereocenters. The van der Waals surface area contributed by atoms with Gasteiger partial charge in [-0.2, -0.15) is 0 Å². The molecule has 1 N–H and O–H groups in total. The van der Waals surface area contributed by atoms with E-state index in [9.17, 15) is 14.4 Å². The molecule has 8 heteroatoms. The molecule has 196 valence electrons. The van der Waals surface area contributed by atoms with Gasteiger partial charge in [0.2, 0.25) is 5.91 Å². The second-order valence-corrected chi connectivity index (χ2v) is 10.6. The van der Waals surface area contributed by atoms with Gasteiger partial charge in [-0.25, -0.2) is 0 Å². The van der Waals surface area contributed by atoms with Gasteiger partial charge in [0.05, 0.1) is 19.6 Å². The fraction of sp³-hybridized carbons (Fsp3) is 0.607. The fourth-order valence-corrected chi connectivity index (χ4v) is 6.12. The third-order valence-corrected chi connectivity index (χ3v) is 8.00. The Morgan fingerprint density at radius 3 is 2.67 bits per heavy atom. The number of hydrogen-bond acceptors (Lipinski definition) is 7. The maximum Gasteiger partial charge on any atom is 0.311 e. The maximum absolute atomic E-state index is 12.8. The molecule has 1 aromatic rings. The van der Waals surface area contributed by atoms with Crippen molar-refractivity contribution in [2.24, 2.45) is 5.92 Å². The van der Waals surface area contributed by atoms with E-state index < -0.39 is 18.1 Å².